The smallest absolute Gasteiger partial charge is 0.303 e. The number of carbonyl (C=O) groups excluding carboxylic acids is 1. The van der Waals surface area contributed by atoms with Crippen molar-refractivity contribution in [3.63, 3.8) is 0 Å². The number of nitrogens with one attached hydrogen (secondary N) is 1. The van der Waals surface area contributed by atoms with Crippen LogP contribution in [0.1, 0.15) is 19.3 Å². The lowest BCUT2D eigenvalue weighted by molar-refractivity contribution is -0.138. The number of hydrogen-bond acceptors (Lipinski definition) is 6. The van der Waals surface area contributed by atoms with Crippen molar-refractivity contribution in [2.45, 2.75) is 19.3 Å². The Bertz CT molecular complexity index is 323. The van der Waals surface area contributed by atoms with Gasteiger partial charge in [-0.3, -0.25) is 9.59 Å². The van der Waals surface area contributed by atoms with Gasteiger partial charge in [-0.05, 0) is 6.42 Å². The molecule has 0 aromatic carbocycles. The van der Waals surface area contributed by atoms with Crippen LogP contribution in [0.5, 0.6) is 0 Å². The maximum absolute atomic E-state index is 11.2. The zero-order valence-electron chi connectivity index (χ0n) is 13.5. The lowest BCUT2D eigenvalue weighted by atomic mass is 10.3. The second-order valence-electron chi connectivity index (χ2n) is 4.47. The maximum Gasteiger partial charge on any atom is 0.303 e. The van der Waals surface area contributed by atoms with Crippen molar-refractivity contribution in [1.29, 1.82) is 0 Å². The minimum Gasteiger partial charge on any atom is -0.499 e. The van der Waals surface area contributed by atoms with Gasteiger partial charge in [0.1, 0.15) is 6.61 Å². The Morgan fingerprint density at radius 2 is 1.48 bits per heavy atom. The molecule has 1 amide bonds. The molecule has 2 N–H and O–H groups in total. The van der Waals surface area contributed by atoms with Gasteiger partial charge >= 0.3 is 5.97 Å². The van der Waals surface area contributed by atoms with Crippen LogP contribution in [0.15, 0.2) is 12.8 Å². The minimum absolute atomic E-state index is 0.00577. The fourth-order valence-electron chi connectivity index (χ4n) is 1.44. The summed E-state index contributed by atoms with van der Waals surface area (Å²) < 4.78 is 20.8. The van der Waals surface area contributed by atoms with Crippen molar-refractivity contribution < 1.29 is 33.6 Å². The van der Waals surface area contributed by atoms with E-state index in [-0.39, 0.29) is 18.7 Å². The second-order valence-corrected chi connectivity index (χ2v) is 4.47. The number of amides is 1. The van der Waals surface area contributed by atoms with Gasteiger partial charge in [-0.15, -0.1) is 0 Å². The molecule has 0 aromatic rings. The van der Waals surface area contributed by atoms with Crippen LogP contribution in [0.25, 0.3) is 0 Å². The Kier molecular flexibility index (Phi) is 15.5. The van der Waals surface area contributed by atoms with Crippen LogP contribution in [0, 0.1) is 0 Å². The quantitative estimate of drug-likeness (QED) is 0.296. The van der Waals surface area contributed by atoms with Crippen LogP contribution in [0.2, 0.25) is 0 Å². The first-order valence-electron chi connectivity index (χ1n) is 7.61. The number of carboxylic acids is 1. The average Bonchev–Trinajstić information content (AvgIpc) is 2.53. The summed E-state index contributed by atoms with van der Waals surface area (Å²) in [6, 6.07) is 0. The first-order valence-corrected chi connectivity index (χ1v) is 7.61. The van der Waals surface area contributed by atoms with Gasteiger partial charge in [-0.25, -0.2) is 0 Å². The molecule has 0 atom stereocenters. The van der Waals surface area contributed by atoms with E-state index < -0.39 is 5.97 Å². The lowest BCUT2D eigenvalue weighted by Crippen LogP contribution is -2.25. The van der Waals surface area contributed by atoms with Gasteiger partial charge in [0.25, 0.3) is 0 Å². The molecule has 8 nitrogen and oxygen atoms in total. The fraction of sp³-hybridized carbons (Fsp3) is 0.733. The second kappa shape index (κ2) is 16.7. The monoisotopic (exact) mass is 333 g/mol. The molecule has 0 saturated carbocycles. The molecule has 0 aromatic heterocycles. The van der Waals surface area contributed by atoms with Gasteiger partial charge in [0, 0.05) is 19.6 Å². The molecule has 0 unspecified atom stereocenters. The average molecular weight is 333 g/mol. The zero-order valence-corrected chi connectivity index (χ0v) is 13.5. The Balaban J connectivity index is 3.11. The largest absolute Gasteiger partial charge is 0.499 e. The summed E-state index contributed by atoms with van der Waals surface area (Å²) in [7, 11) is 0. The molecule has 0 aliphatic carbocycles. The number of aliphatic carboxylic acids is 1. The Hall–Kier alpha value is -1.64. The Labute approximate surface area is 136 Å². The number of rotatable bonds is 17. The van der Waals surface area contributed by atoms with E-state index in [1.165, 1.54) is 6.26 Å². The van der Waals surface area contributed by atoms with Crippen LogP contribution in [-0.4, -0.2) is 69.8 Å². The van der Waals surface area contributed by atoms with Gasteiger partial charge in [0.2, 0.25) is 5.91 Å². The Morgan fingerprint density at radius 3 is 2.04 bits per heavy atom. The number of carbonyl (C=O) groups is 2. The summed E-state index contributed by atoms with van der Waals surface area (Å²) in [6.07, 6.45) is 1.90. The van der Waals surface area contributed by atoms with Crippen LogP contribution in [-0.2, 0) is 28.5 Å². The van der Waals surface area contributed by atoms with Gasteiger partial charge in [0.15, 0.2) is 0 Å². The predicted octanol–water partition coefficient (Wildman–Crippen LogP) is 0.567. The van der Waals surface area contributed by atoms with Crippen molar-refractivity contribution in [1.82, 2.24) is 5.32 Å². The summed E-state index contributed by atoms with van der Waals surface area (Å²) >= 11 is 0. The highest BCUT2D eigenvalue weighted by atomic mass is 16.6. The van der Waals surface area contributed by atoms with E-state index in [2.05, 4.69) is 11.9 Å². The highest BCUT2D eigenvalue weighted by molar-refractivity contribution is 5.80. The SMILES string of the molecule is C=COCCOCCOCCOCCCNC(=O)CCC(=O)O. The van der Waals surface area contributed by atoms with Gasteiger partial charge < -0.3 is 29.4 Å². The highest BCUT2D eigenvalue weighted by Crippen LogP contribution is 1.89. The topological polar surface area (TPSA) is 103 Å². The zero-order chi connectivity index (χ0) is 17.2. The van der Waals surface area contributed by atoms with Gasteiger partial charge in [-0.1, -0.05) is 6.58 Å². The number of ether oxygens (including phenoxy) is 4. The molecule has 8 heteroatoms. The van der Waals surface area contributed by atoms with E-state index >= 15 is 0 Å². The van der Waals surface area contributed by atoms with Gasteiger partial charge in [0.05, 0.1) is 45.7 Å². The van der Waals surface area contributed by atoms with E-state index in [1.807, 2.05) is 0 Å². The highest BCUT2D eigenvalue weighted by Gasteiger charge is 2.03. The molecule has 0 aliphatic heterocycles. The summed E-state index contributed by atoms with van der Waals surface area (Å²) in [5.41, 5.74) is 0. The lowest BCUT2D eigenvalue weighted by Gasteiger charge is -2.07. The number of carboxylic acid groups (broad SMARTS) is 1. The third kappa shape index (κ3) is 18.3. The summed E-state index contributed by atoms with van der Waals surface area (Å²) in [6.45, 7) is 7.36. The minimum atomic E-state index is -0.973. The fourth-order valence-corrected chi connectivity index (χ4v) is 1.44. The van der Waals surface area contributed by atoms with Crippen LogP contribution < -0.4 is 5.32 Å². The van der Waals surface area contributed by atoms with Crippen molar-refractivity contribution in [2.24, 2.45) is 0 Å². The van der Waals surface area contributed by atoms with E-state index in [4.69, 9.17) is 24.1 Å². The molecule has 0 spiro atoms. The molecule has 134 valence electrons. The van der Waals surface area contributed by atoms with Crippen molar-refractivity contribution >= 4 is 11.9 Å². The third-order valence-corrected chi connectivity index (χ3v) is 2.56. The van der Waals surface area contributed by atoms with E-state index in [0.717, 1.165) is 0 Å². The van der Waals surface area contributed by atoms with Crippen LogP contribution >= 0.6 is 0 Å². The molecule has 0 radical (unpaired) electrons. The van der Waals surface area contributed by atoms with Crippen molar-refractivity contribution in [2.75, 3.05) is 52.8 Å². The van der Waals surface area contributed by atoms with Crippen LogP contribution in [0.4, 0.5) is 0 Å². The molecular weight excluding hydrogens is 306 g/mol. The van der Waals surface area contributed by atoms with Crippen molar-refractivity contribution in [3.8, 4) is 0 Å². The summed E-state index contributed by atoms with van der Waals surface area (Å²) in [5, 5.41) is 11.1. The van der Waals surface area contributed by atoms with Gasteiger partial charge in [-0.2, -0.15) is 0 Å². The molecule has 0 saturated heterocycles. The molecule has 23 heavy (non-hydrogen) atoms. The predicted molar refractivity (Wildman–Crippen MR) is 83.1 cm³/mol. The normalized spacial score (nSPS) is 10.3. The first kappa shape index (κ1) is 21.4. The van der Waals surface area contributed by atoms with Crippen LogP contribution in [0.3, 0.4) is 0 Å². The molecule has 0 fully saturated rings. The molecule has 0 aliphatic rings. The maximum atomic E-state index is 11.2. The van der Waals surface area contributed by atoms with E-state index in [9.17, 15) is 9.59 Å². The van der Waals surface area contributed by atoms with E-state index in [0.29, 0.717) is 59.2 Å². The molecule has 0 heterocycles. The first-order chi connectivity index (χ1) is 11.2. The van der Waals surface area contributed by atoms with Crippen molar-refractivity contribution in [3.05, 3.63) is 12.8 Å². The summed E-state index contributed by atoms with van der Waals surface area (Å²) in [5.74, 6) is -1.23. The number of hydrogen-bond donors (Lipinski definition) is 2. The Morgan fingerprint density at radius 1 is 0.913 bits per heavy atom. The van der Waals surface area contributed by atoms with E-state index in [1.54, 1.807) is 0 Å². The third-order valence-electron chi connectivity index (χ3n) is 2.56. The standard InChI is InChI=1S/C15H27NO7/c1-2-20-8-9-22-12-13-23-11-10-21-7-3-6-16-14(17)4-5-15(18)19/h2H,1,3-13H2,(H,16,17)(H,18,19). The summed E-state index contributed by atoms with van der Waals surface area (Å²) in [4.78, 5) is 21.5. The molecule has 0 bridgehead atoms. The molecular formula is C15H27NO7. The molecule has 0 rings (SSSR count).